The van der Waals surface area contributed by atoms with Gasteiger partial charge in [-0.25, -0.2) is 14.8 Å². The lowest BCUT2D eigenvalue weighted by atomic mass is 10.3. The number of fused-ring (bicyclic) bond motifs is 1. The van der Waals surface area contributed by atoms with E-state index >= 15 is 0 Å². The normalized spacial score (nSPS) is 14.8. The Morgan fingerprint density at radius 2 is 2.00 bits per heavy atom. The monoisotopic (exact) mass is 401 g/mol. The van der Waals surface area contributed by atoms with E-state index in [1.807, 2.05) is 12.1 Å². The van der Waals surface area contributed by atoms with E-state index in [4.69, 9.17) is 15.3 Å². The second-order valence-electron chi connectivity index (χ2n) is 6.03. The highest BCUT2D eigenvalue weighted by atomic mass is 32.1. The molecule has 4 rings (SSSR count). The molecule has 10 nitrogen and oxygen atoms in total. The average Bonchev–Trinajstić information content (AvgIpc) is 3.16. The molecule has 0 bridgehead atoms. The Bertz CT molecular complexity index is 988. The Hall–Kier alpha value is -3.18. The van der Waals surface area contributed by atoms with Gasteiger partial charge in [0, 0.05) is 13.1 Å². The summed E-state index contributed by atoms with van der Waals surface area (Å²) in [7, 11) is 1.55. The van der Waals surface area contributed by atoms with Crippen molar-refractivity contribution in [1.29, 1.82) is 0 Å². The van der Waals surface area contributed by atoms with Gasteiger partial charge in [0.15, 0.2) is 10.6 Å². The van der Waals surface area contributed by atoms with Crippen molar-refractivity contribution < 1.29 is 14.4 Å². The maximum atomic E-state index is 12.2. The topological polar surface area (TPSA) is 119 Å². The average molecular weight is 401 g/mol. The van der Waals surface area contributed by atoms with E-state index in [0.29, 0.717) is 43.4 Å². The number of hydrogen-bond acceptors (Lipinski definition) is 10. The number of methoxy groups -OCH3 is 1. The maximum Gasteiger partial charge on any atom is 0.430 e. The van der Waals surface area contributed by atoms with E-state index in [-0.39, 0.29) is 5.95 Å². The van der Waals surface area contributed by atoms with Crippen LogP contribution in [0.15, 0.2) is 29.8 Å². The number of thiazole rings is 1. The third kappa shape index (κ3) is 3.75. The van der Waals surface area contributed by atoms with Gasteiger partial charge in [-0.05, 0) is 12.1 Å². The molecule has 11 heteroatoms. The number of nitrogen functional groups attached to an aromatic ring is 1. The highest BCUT2D eigenvalue weighted by Gasteiger charge is 2.24. The number of hydroxylamine groups is 2. The third-order valence-corrected chi connectivity index (χ3v) is 5.01. The number of ether oxygens (including phenoxy) is 1. The Kier molecular flexibility index (Phi) is 5.08. The zero-order valence-electron chi connectivity index (χ0n) is 15.2. The minimum atomic E-state index is -0.564. The molecule has 3 heterocycles. The fraction of sp³-hybridized carbons (Fsp3) is 0.294. The predicted octanol–water partition coefficient (Wildman–Crippen LogP) is 1.96. The first-order chi connectivity index (χ1) is 13.6. The van der Waals surface area contributed by atoms with E-state index in [1.54, 1.807) is 29.8 Å². The van der Waals surface area contributed by atoms with Crippen LogP contribution in [0.2, 0.25) is 0 Å². The van der Waals surface area contributed by atoms with Gasteiger partial charge >= 0.3 is 6.09 Å². The number of nitrogens with two attached hydrogens (primary N) is 1. The minimum Gasteiger partial charge on any atom is -0.495 e. The summed E-state index contributed by atoms with van der Waals surface area (Å²) >= 11 is 1.43. The molecule has 3 N–H and O–H groups in total. The molecule has 1 aromatic carbocycles. The highest BCUT2D eigenvalue weighted by Crippen LogP contribution is 2.27. The number of carbonyl (C=O) groups excluding carboxylic acids is 1. The molecule has 28 heavy (non-hydrogen) atoms. The van der Waals surface area contributed by atoms with Gasteiger partial charge in [-0.1, -0.05) is 12.1 Å². The standard InChI is InChI=1S/C17H19N7O3S/c1-26-12-5-3-2-4-11(12)20-17(25)27-24-8-6-23(7-9-24)14-13-15(28-10-19-13)22-16(18)21-14/h2-5,10H,6-9H2,1H3,(H,20,25)(H2,18,21,22). The SMILES string of the molecule is COc1ccccc1NC(=O)ON1CCN(c2nc(N)nc3scnc23)CC1. The lowest BCUT2D eigenvalue weighted by molar-refractivity contribution is -0.0966. The van der Waals surface area contributed by atoms with Gasteiger partial charge in [0.25, 0.3) is 0 Å². The molecule has 1 saturated heterocycles. The van der Waals surface area contributed by atoms with Crippen molar-refractivity contribution in [1.82, 2.24) is 20.0 Å². The summed E-state index contributed by atoms with van der Waals surface area (Å²) in [5.74, 6) is 1.50. The number of benzene rings is 1. The number of nitrogens with zero attached hydrogens (tertiary/aromatic N) is 5. The fourth-order valence-corrected chi connectivity index (χ4v) is 3.63. The van der Waals surface area contributed by atoms with Crippen molar-refractivity contribution in [2.45, 2.75) is 0 Å². The van der Waals surface area contributed by atoms with E-state index < -0.39 is 6.09 Å². The molecule has 0 aliphatic carbocycles. The molecule has 3 aromatic rings. The first kappa shape index (κ1) is 18.2. The largest absolute Gasteiger partial charge is 0.495 e. The number of piperazine rings is 1. The molecule has 1 fully saturated rings. The zero-order chi connectivity index (χ0) is 19.5. The molecule has 1 aliphatic rings. The smallest absolute Gasteiger partial charge is 0.430 e. The number of amides is 1. The van der Waals surface area contributed by atoms with Gasteiger partial charge < -0.3 is 20.2 Å². The molecule has 1 aliphatic heterocycles. The summed E-state index contributed by atoms with van der Waals surface area (Å²) in [6.45, 7) is 2.28. The summed E-state index contributed by atoms with van der Waals surface area (Å²) in [4.78, 5) is 33.3. The number of nitrogens with one attached hydrogen (secondary N) is 1. The second-order valence-corrected chi connectivity index (χ2v) is 6.86. The molecule has 0 saturated carbocycles. The van der Waals surface area contributed by atoms with Crippen molar-refractivity contribution >= 4 is 45.2 Å². The summed E-state index contributed by atoms with van der Waals surface area (Å²) in [6, 6.07) is 7.15. The molecular weight excluding hydrogens is 382 g/mol. The number of rotatable bonds is 4. The van der Waals surface area contributed by atoms with E-state index in [0.717, 1.165) is 10.3 Å². The molecule has 0 unspecified atom stereocenters. The van der Waals surface area contributed by atoms with Crippen LogP contribution in [0.25, 0.3) is 10.3 Å². The van der Waals surface area contributed by atoms with Gasteiger partial charge in [-0.3, -0.25) is 5.32 Å². The van der Waals surface area contributed by atoms with Gasteiger partial charge in [0.05, 0.1) is 31.4 Å². The van der Waals surface area contributed by atoms with Crippen molar-refractivity contribution in [2.24, 2.45) is 0 Å². The molecule has 1 amide bonds. The first-order valence-electron chi connectivity index (χ1n) is 8.62. The molecule has 146 valence electrons. The van der Waals surface area contributed by atoms with Crippen molar-refractivity contribution in [3.63, 3.8) is 0 Å². The van der Waals surface area contributed by atoms with Crippen molar-refractivity contribution in [3.05, 3.63) is 29.8 Å². The Labute approximate surface area is 164 Å². The van der Waals surface area contributed by atoms with Gasteiger partial charge in [-0.2, -0.15) is 4.98 Å². The molecular formula is C17H19N7O3S. The lowest BCUT2D eigenvalue weighted by Gasteiger charge is -2.33. The second kappa shape index (κ2) is 7.82. The third-order valence-electron chi connectivity index (χ3n) is 4.29. The maximum absolute atomic E-state index is 12.2. The predicted molar refractivity (Wildman–Crippen MR) is 107 cm³/mol. The summed E-state index contributed by atoms with van der Waals surface area (Å²) in [5.41, 5.74) is 8.83. The van der Waals surface area contributed by atoms with Crippen LogP contribution in [0, 0.1) is 0 Å². The van der Waals surface area contributed by atoms with Gasteiger partial charge in [-0.15, -0.1) is 16.4 Å². The Morgan fingerprint density at radius 3 is 2.79 bits per heavy atom. The zero-order valence-corrected chi connectivity index (χ0v) is 16.0. The Balaban J connectivity index is 1.36. The quantitative estimate of drug-likeness (QED) is 0.676. The molecule has 0 atom stereocenters. The fourth-order valence-electron chi connectivity index (χ4n) is 2.97. The van der Waals surface area contributed by atoms with Crippen molar-refractivity contribution in [3.8, 4) is 5.75 Å². The van der Waals surface area contributed by atoms with Crippen LogP contribution in [0.3, 0.4) is 0 Å². The van der Waals surface area contributed by atoms with Gasteiger partial charge in [0.1, 0.15) is 11.3 Å². The first-order valence-corrected chi connectivity index (χ1v) is 9.50. The minimum absolute atomic E-state index is 0.224. The number of aromatic nitrogens is 3. The summed E-state index contributed by atoms with van der Waals surface area (Å²) in [6.07, 6.45) is -0.564. The van der Waals surface area contributed by atoms with Crippen LogP contribution in [-0.4, -0.2) is 59.4 Å². The van der Waals surface area contributed by atoms with E-state index in [1.165, 1.54) is 11.3 Å². The number of para-hydroxylation sites is 2. The van der Waals surface area contributed by atoms with Crippen LogP contribution >= 0.6 is 11.3 Å². The van der Waals surface area contributed by atoms with E-state index in [9.17, 15) is 4.79 Å². The van der Waals surface area contributed by atoms with Crippen LogP contribution in [0.1, 0.15) is 0 Å². The lowest BCUT2D eigenvalue weighted by Crippen LogP contribution is -2.47. The molecule has 0 spiro atoms. The number of hydrogen-bond donors (Lipinski definition) is 2. The highest BCUT2D eigenvalue weighted by molar-refractivity contribution is 7.16. The van der Waals surface area contributed by atoms with Crippen LogP contribution in [-0.2, 0) is 4.84 Å². The number of carbonyl (C=O) groups is 1. The van der Waals surface area contributed by atoms with Crippen LogP contribution < -0.4 is 20.7 Å². The summed E-state index contributed by atoms with van der Waals surface area (Å²) < 4.78 is 5.22. The summed E-state index contributed by atoms with van der Waals surface area (Å²) in [5, 5.41) is 4.31. The van der Waals surface area contributed by atoms with Crippen molar-refractivity contribution in [2.75, 3.05) is 49.2 Å². The molecule has 0 radical (unpaired) electrons. The van der Waals surface area contributed by atoms with E-state index in [2.05, 4.69) is 25.2 Å². The number of anilines is 3. The van der Waals surface area contributed by atoms with Crippen LogP contribution in [0.4, 0.5) is 22.2 Å². The molecule has 2 aromatic heterocycles. The van der Waals surface area contributed by atoms with Gasteiger partial charge in [0.2, 0.25) is 5.95 Å². The Morgan fingerprint density at radius 1 is 1.21 bits per heavy atom. The van der Waals surface area contributed by atoms with Crippen LogP contribution in [0.5, 0.6) is 5.75 Å².